The normalized spacial score (nSPS) is 11.6. The van der Waals surface area contributed by atoms with Gasteiger partial charge in [-0.3, -0.25) is 4.79 Å². The molecule has 1 amide bonds. The van der Waals surface area contributed by atoms with Crippen LogP contribution < -0.4 is 4.74 Å². The number of methoxy groups -OCH3 is 1. The third-order valence-electron chi connectivity index (χ3n) is 3.01. The van der Waals surface area contributed by atoms with E-state index in [4.69, 9.17) is 4.74 Å². The lowest BCUT2D eigenvalue weighted by Crippen LogP contribution is -2.40. The van der Waals surface area contributed by atoms with Gasteiger partial charge in [-0.25, -0.2) is 4.79 Å². The molecule has 1 aromatic carbocycles. The second-order valence-corrected chi connectivity index (χ2v) is 4.29. The first-order valence-electron chi connectivity index (χ1n) is 6.67. The average Bonchev–Trinajstić information content (AvgIpc) is 2.48. The van der Waals surface area contributed by atoms with E-state index in [0.29, 0.717) is 24.4 Å². The van der Waals surface area contributed by atoms with Gasteiger partial charge in [-0.15, -0.1) is 0 Å². The number of rotatable bonds is 6. The lowest BCUT2D eigenvalue weighted by atomic mass is 10.2. The van der Waals surface area contributed by atoms with Crippen LogP contribution in [0.15, 0.2) is 24.3 Å². The lowest BCUT2D eigenvalue weighted by Gasteiger charge is -2.23. The van der Waals surface area contributed by atoms with Crippen LogP contribution in [-0.4, -0.2) is 43.1 Å². The quantitative estimate of drug-likeness (QED) is 0.748. The number of likely N-dealkylation sites (N-methyl/N-ethyl adjacent to an activating group) is 1. The van der Waals surface area contributed by atoms with E-state index in [-0.39, 0.29) is 5.91 Å². The van der Waals surface area contributed by atoms with Crippen LogP contribution in [0.5, 0.6) is 5.75 Å². The molecule has 1 unspecified atom stereocenters. The molecule has 110 valence electrons. The first-order valence-corrected chi connectivity index (χ1v) is 6.67. The summed E-state index contributed by atoms with van der Waals surface area (Å²) in [5.41, 5.74) is 0.447. The molecule has 0 saturated heterocycles. The van der Waals surface area contributed by atoms with E-state index < -0.39 is 12.1 Å². The SMILES string of the molecule is CCN(CC)C(=O)C(C)Oc1ccc(C(=O)OC)cc1. The lowest BCUT2D eigenvalue weighted by molar-refractivity contribution is -0.137. The van der Waals surface area contributed by atoms with Crippen LogP contribution in [0.25, 0.3) is 0 Å². The maximum Gasteiger partial charge on any atom is 0.337 e. The molecule has 0 radical (unpaired) electrons. The zero-order valence-electron chi connectivity index (χ0n) is 12.4. The summed E-state index contributed by atoms with van der Waals surface area (Å²) in [7, 11) is 1.33. The zero-order valence-corrected chi connectivity index (χ0v) is 12.4. The molecule has 0 aliphatic heterocycles. The number of ether oxygens (including phenoxy) is 2. The summed E-state index contributed by atoms with van der Waals surface area (Å²) in [6.45, 7) is 6.89. The fourth-order valence-electron chi connectivity index (χ4n) is 1.83. The minimum absolute atomic E-state index is 0.0490. The number of carbonyl (C=O) groups is 2. The van der Waals surface area contributed by atoms with Crippen LogP contribution >= 0.6 is 0 Å². The van der Waals surface area contributed by atoms with Crippen LogP contribution in [0, 0.1) is 0 Å². The molecule has 0 bridgehead atoms. The topological polar surface area (TPSA) is 55.8 Å². The standard InChI is InChI=1S/C15H21NO4/c1-5-16(6-2)14(17)11(3)20-13-9-7-12(8-10-13)15(18)19-4/h7-11H,5-6H2,1-4H3. The van der Waals surface area contributed by atoms with Gasteiger partial charge in [-0.2, -0.15) is 0 Å². The Hall–Kier alpha value is -2.04. The van der Waals surface area contributed by atoms with Crippen molar-refractivity contribution in [2.45, 2.75) is 26.9 Å². The molecular weight excluding hydrogens is 258 g/mol. The molecule has 0 aromatic heterocycles. The Morgan fingerprint density at radius 1 is 1.15 bits per heavy atom. The van der Waals surface area contributed by atoms with Gasteiger partial charge in [-0.05, 0) is 45.0 Å². The highest BCUT2D eigenvalue weighted by molar-refractivity contribution is 5.89. The van der Waals surface area contributed by atoms with Gasteiger partial charge in [0.15, 0.2) is 6.10 Å². The molecular formula is C15H21NO4. The number of amides is 1. The summed E-state index contributed by atoms with van der Waals surface area (Å²) in [4.78, 5) is 25.1. The predicted molar refractivity (Wildman–Crippen MR) is 75.8 cm³/mol. The van der Waals surface area contributed by atoms with Gasteiger partial charge in [0, 0.05) is 13.1 Å². The first-order chi connectivity index (χ1) is 9.53. The van der Waals surface area contributed by atoms with E-state index in [9.17, 15) is 9.59 Å². The number of benzene rings is 1. The second-order valence-electron chi connectivity index (χ2n) is 4.29. The molecule has 1 rings (SSSR count). The molecule has 0 heterocycles. The molecule has 0 aliphatic rings. The molecule has 0 fully saturated rings. The van der Waals surface area contributed by atoms with Crippen molar-refractivity contribution in [2.75, 3.05) is 20.2 Å². The van der Waals surface area contributed by atoms with E-state index in [1.165, 1.54) is 7.11 Å². The molecule has 20 heavy (non-hydrogen) atoms. The van der Waals surface area contributed by atoms with Crippen LogP contribution in [0.3, 0.4) is 0 Å². The highest BCUT2D eigenvalue weighted by Crippen LogP contribution is 2.15. The van der Waals surface area contributed by atoms with E-state index in [0.717, 1.165) is 0 Å². The van der Waals surface area contributed by atoms with Crippen molar-refractivity contribution in [3.05, 3.63) is 29.8 Å². The van der Waals surface area contributed by atoms with E-state index >= 15 is 0 Å². The monoisotopic (exact) mass is 279 g/mol. The number of nitrogens with zero attached hydrogens (tertiary/aromatic N) is 1. The predicted octanol–water partition coefficient (Wildman–Crippen LogP) is 2.11. The first kappa shape index (κ1) is 16.0. The maximum absolute atomic E-state index is 12.1. The largest absolute Gasteiger partial charge is 0.481 e. The van der Waals surface area contributed by atoms with Gasteiger partial charge in [0.1, 0.15) is 5.75 Å². The van der Waals surface area contributed by atoms with Gasteiger partial charge in [-0.1, -0.05) is 0 Å². The molecule has 0 saturated carbocycles. The maximum atomic E-state index is 12.1. The smallest absolute Gasteiger partial charge is 0.337 e. The number of esters is 1. The molecule has 0 aliphatic carbocycles. The van der Waals surface area contributed by atoms with Crippen LogP contribution in [0.1, 0.15) is 31.1 Å². The summed E-state index contributed by atoms with van der Waals surface area (Å²) in [5.74, 6) is 0.0986. The van der Waals surface area contributed by atoms with Gasteiger partial charge in [0.2, 0.25) is 0 Å². The van der Waals surface area contributed by atoms with E-state index in [1.807, 2.05) is 13.8 Å². The molecule has 5 nitrogen and oxygen atoms in total. The fraction of sp³-hybridized carbons (Fsp3) is 0.467. The fourth-order valence-corrected chi connectivity index (χ4v) is 1.83. The average molecular weight is 279 g/mol. The van der Waals surface area contributed by atoms with Gasteiger partial charge in [0.05, 0.1) is 12.7 Å². The van der Waals surface area contributed by atoms with Gasteiger partial charge in [0.25, 0.3) is 5.91 Å². The van der Waals surface area contributed by atoms with Crippen LogP contribution in [0.4, 0.5) is 0 Å². The van der Waals surface area contributed by atoms with Crippen molar-refractivity contribution in [3.63, 3.8) is 0 Å². The summed E-state index contributed by atoms with van der Waals surface area (Å²) in [6.07, 6.45) is -0.557. The molecule has 5 heteroatoms. The van der Waals surface area contributed by atoms with Crippen molar-refractivity contribution < 1.29 is 19.1 Å². The Morgan fingerprint density at radius 3 is 2.15 bits per heavy atom. The number of hydrogen-bond acceptors (Lipinski definition) is 4. The second kappa shape index (κ2) is 7.53. The Balaban J connectivity index is 2.69. The molecule has 1 atom stereocenters. The Kier molecular flexibility index (Phi) is 6.03. The minimum atomic E-state index is -0.557. The van der Waals surface area contributed by atoms with Crippen molar-refractivity contribution in [1.29, 1.82) is 0 Å². The summed E-state index contributed by atoms with van der Waals surface area (Å²) in [5, 5.41) is 0. The van der Waals surface area contributed by atoms with E-state index in [1.54, 1.807) is 36.1 Å². The summed E-state index contributed by atoms with van der Waals surface area (Å²) >= 11 is 0. The van der Waals surface area contributed by atoms with Crippen molar-refractivity contribution in [3.8, 4) is 5.75 Å². The third kappa shape index (κ3) is 3.98. The molecule has 0 spiro atoms. The zero-order chi connectivity index (χ0) is 15.1. The molecule has 0 N–H and O–H groups in total. The summed E-state index contributed by atoms with van der Waals surface area (Å²) in [6, 6.07) is 6.52. The number of hydrogen-bond donors (Lipinski definition) is 0. The van der Waals surface area contributed by atoms with Crippen molar-refractivity contribution in [2.24, 2.45) is 0 Å². The van der Waals surface area contributed by atoms with E-state index in [2.05, 4.69) is 4.74 Å². The molecule has 1 aromatic rings. The summed E-state index contributed by atoms with van der Waals surface area (Å²) < 4.78 is 10.2. The van der Waals surface area contributed by atoms with Gasteiger partial charge >= 0.3 is 5.97 Å². The Labute approximate surface area is 119 Å². The highest BCUT2D eigenvalue weighted by atomic mass is 16.5. The highest BCUT2D eigenvalue weighted by Gasteiger charge is 2.19. The van der Waals surface area contributed by atoms with Crippen LogP contribution in [-0.2, 0) is 9.53 Å². The van der Waals surface area contributed by atoms with Crippen molar-refractivity contribution >= 4 is 11.9 Å². The Bertz CT molecular complexity index is 451. The Morgan fingerprint density at radius 2 is 1.70 bits per heavy atom. The minimum Gasteiger partial charge on any atom is -0.481 e. The van der Waals surface area contributed by atoms with Gasteiger partial charge < -0.3 is 14.4 Å². The number of carbonyl (C=O) groups excluding carboxylic acids is 2. The van der Waals surface area contributed by atoms with Crippen molar-refractivity contribution in [1.82, 2.24) is 4.90 Å². The van der Waals surface area contributed by atoms with Crippen LogP contribution in [0.2, 0.25) is 0 Å². The third-order valence-corrected chi connectivity index (χ3v) is 3.01.